The second-order valence-electron chi connectivity index (χ2n) is 3.91. The number of hydrogen-bond acceptors (Lipinski definition) is 3. The molecule has 90 valence electrons. The molecule has 0 aliphatic heterocycles. The normalized spacial score (nSPS) is 12.4. The summed E-state index contributed by atoms with van der Waals surface area (Å²) in [7, 11) is 0. The number of ether oxygens (including phenoxy) is 1. The van der Waals surface area contributed by atoms with Crippen LogP contribution in [0.25, 0.3) is 0 Å². The van der Waals surface area contributed by atoms with Gasteiger partial charge in [0.05, 0.1) is 18.9 Å². The topological polar surface area (TPSA) is 48.4 Å². The van der Waals surface area contributed by atoms with E-state index in [-0.39, 0.29) is 6.04 Å². The lowest BCUT2D eigenvalue weighted by atomic mass is 10.0. The third kappa shape index (κ3) is 3.11. The molecule has 0 amide bonds. The first kappa shape index (κ1) is 11.7. The van der Waals surface area contributed by atoms with Gasteiger partial charge in [0.1, 0.15) is 11.5 Å². The van der Waals surface area contributed by atoms with Crippen molar-refractivity contribution in [2.24, 2.45) is 5.73 Å². The first-order chi connectivity index (χ1) is 8.29. The van der Waals surface area contributed by atoms with Gasteiger partial charge in [0.15, 0.2) is 0 Å². The number of rotatable bonds is 5. The van der Waals surface area contributed by atoms with Crippen molar-refractivity contribution in [3.63, 3.8) is 0 Å². The second-order valence-corrected chi connectivity index (χ2v) is 3.91. The summed E-state index contributed by atoms with van der Waals surface area (Å²) in [6, 6.07) is 11.6. The Bertz CT molecular complexity index is 451. The average molecular weight is 231 g/mol. The van der Waals surface area contributed by atoms with Crippen LogP contribution in [0.1, 0.15) is 24.3 Å². The van der Waals surface area contributed by atoms with Crippen LogP contribution in [-0.2, 0) is 6.42 Å². The summed E-state index contributed by atoms with van der Waals surface area (Å²) < 4.78 is 10.7. The van der Waals surface area contributed by atoms with Crippen molar-refractivity contribution in [1.82, 2.24) is 0 Å². The van der Waals surface area contributed by atoms with Gasteiger partial charge in [-0.05, 0) is 43.2 Å². The Morgan fingerprint density at radius 1 is 1.29 bits per heavy atom. The number of furan rings is 1. The molecule has 1 atom stereocenters. The molecule has 17 heavy (non-hydrogen) atoms. The molecular formula is C14H17NO2. The fraction of sp³-hybridized carbons (Fsp3) is 0.286. The Labute approximate surface area is 101 Å². The molecule has 2 N–H and O–H groups in total. The highest BCUT2D eigenvalue weighted by atomic mass is 16.5. The second kappa shape index (κ2) is 5.55. The highest BCUT2D eigenvalue weighted by molar-refractivity contribution is 5.29. The van der Waals surface area contributed by atoms with Crippen molar-refractivity contribution in [2.45, 2.75) is 19.4 Å². The lowest BCUT2D eigenvalue weighted by Gasteiger charge is -2.10. The quantitative estimate of drug-likeness (QED) is 0.860. The zero-order chi connectivity index (χ0) is 12.1. The minimum atomic E-state index is -0.109. The molecule has 0 aliphatic carbocycles. The molecule has 2 rings (SSSR count). The molecule has 1 aromatic heterocycles. The predicted octanol–water partition coefficient (Wildman–Crippen LogP) is 2.92. The van der Waals surface area contributed by atoms with Crippen molar-refractivity contribution in [2.75, 3.05) is 6.61 Å². The van der Waals surface area contributed by atoms with Crippen LogP contribution in [-0.4, -0.2) is 6.61 Å². The van der Waals surface area contributed by atoms with Gasteiger partial charge in [-0.1, -0.05) is 12.1 Å². The van der Waals surface area contributed by atoms with Crippen LogP contribution in [0.15, 0.2) is 47.1 Å². The van der Waals surface area contributed by atoms with Gasteiger partial charge in [-0.15, -0.1) is 0 Å². The maximum Gasteiger partial charge on any atom is 0.120 e. The van der Waals surface area contributed by atoms with Gasteiger partial charge in [-0.3, -0.25) is 0 Å². The van der Waals surface area contributed by atoms with E-state index in [1.807, 2.05) is 43.3 Å². The SMILES string of the molecule is CCOc1cccc(CC(N)c2ccco2)c1. The highest BCUT2D eigenvalue weighted by Gasteiger charge is 2.09. The molecule has 0 spiro atoms. The van der Waals surface area contributed by atoms with Gasteiger partial charge >= 0.3 is 0 Å². The number of benzene rings is 1. The van der Waals surface area contributed by atoms with E-state index in [1.54, 1.807) is 6.26 Å². The molecule has 0 saturated heterocycles. The summed E-state index contributed by atoms with van der Waals surface area (Å²) in [5, 5.41) is 0. The van der Waals surface area contributed by atoms with E-state index in [4.69, 9.17) is 14.9 Å². The summed E-state index contributed by atoms with van der Waals surface area (Å²) in [5.41, 5.74) is 7.21. The molecule has 0 radical (unpaired) electrons. The lowest BCUT2D eigenvalue weighted by molar-refractivity contribution is 0.339. The maximum absolute atomic E-state index is 6.06. The first-order valence-electron chi connectivity index (χ1n) is 5.80. The fourth-order valence-electron chi connectivity index (χ4n) is 1.79. The van der Waals surface area contributed by atoms with E-state index < -0.39 is 0 Å². The molecule has 0 aliphatic rings. The highest BCUT2D eigenvalue weighted by Crippen LogP contribution is 2.19. The summed E-state index contributed by atoms with van der Waals surface area (Å²) in [6.07, 6.45) is 2.39. The zero-order valence-corrected chi connectivity index (χ0v) is 9.93. The van der Waals surface area contributed by atoms with Gasteiger partial charge in [0.2, 0.25) is 0 Å². The third-order valence-corrected chi connectivity index (χ3v) is 2.57. The molecule has 3 nitrogen and oxygen atoms in total. The monoisotopic (exact) mass is 231 g/mol. The Morgan fingerprint density at radius 3 is 2.88 bits per heavy atom. The van der Waals surface area contributed by atoms with Crippen LogP contribution < -0.4 is 10.5 Å². The van der Waals surface area contributed by atoms with Crippen LogP contribution >= 0.6 is 0 Å². The van der Waals surface area contributed by atoms with Gasteiger partial charge in [0.25, 0.3) is 0 Å². The van der Waals surface area contributed by atoms with Gasteiger partial charge in [0, 0.05) is 0 Å². The Morgan fingerprint density at radius 2 is 2.18 bits per heavy atom. The number of hydrogen-bond donors (Lipinski definition) is 1. The molecule has 0 bridgehead atoms. The van der Waals surface area contributed by atoms with E-state index >= 15 is 0 Å². The molecule has 3 heteroatoms. The minimum Gasteiger partial charge on any atom is -0.494 e. The van der Waals surface area contributed by atoms with E-state index in [0.29, 0.717) is 6.61 Å². The van der Waals surface area contributed by atoms with Crippen LogP contribution in [0.5, 0.6) is 5.75 Å². The Balaban J connectivity index is 2.05. The molecule has 1 unspecified atom stereocenters. The molecular weight excluding hydrogens is 214 g/mol. The van der Waals surface area contributed by atoms with Crippen molar-refractivity contribution in [3.8, 4) is 5.75 Å². The minimum absolute atomic E-state index is 0.109. The summed E-state index contributed by atoms with van der Waals surface area (Å²) in [5.74, 6) is 1.70. The van der Waals surface area contributed by atoms with Crippen LogP contribution in [0.2, 0.25) is 0 Å². The Hall–Kier alpha value is -1.74. The predicted molar refractivity (Wildman–Crippen MR) is 67.0 cm³/mol. The van der Waals surface area contributed by atoms with Gasteiger partial charge in [-0.25, -0.2) is 0 Å². The summed E-state index contributed by atoms with van der Waals surface area (Å²) >= 11 is 0. The van der Waals surface area contributed by atoms with Crippen molar-refractivity contribution >= 4 is 0 Å². The van der Waals surface area contributed by atoms with Crippen molar-refractivity contribution in [3.05, 3.63) is 54.0 Å². The lowest BCUT2D eigenvalue weighted by Crippen LogP contribution is -2.12. The Kier molecular flexibility index (Phi) is 3.83. The first-order valence-corrected chi connectivity index (χ1v) is 5.80. The van der Waals surface area contributed by atoms with Crippen LogP contribution in [0, 0.1) is 0 Å². The van der Waals surface area contributed by atoms with Crippen LogP contribution in [0.3, 0.4) is 0 Å². The summed E-state index contributed by atoms with van der Waals surface area (Å²) in [4.78, 5) is 0. The maximum atomic E-state index is 6.06. The summed E-state index contributed by atoms with van der Waals surface area (Å²) in [6.45, 7) is 2.65. The van der Waals surface area contributed by atoms with E-state index in [9.17, 15) is 0 Å². The van der Waals surface area contributed by atoms with Gasteiger partial charge in [-0.2, -0.15) is 0 Å². The smallest absolute Gasteiger partial charge is 0.120 e. The molecule has 1 aromatic carbocycles. The number of nitrogens with two attached hydrogens (primary N) is 1. The molecule has 0 saturated carbocycles. The third-order valence-electron chi connectivity index (χ3n) is 2.57. The van der Waals surface area contributed by atoms with Crippen molar-refractivity contribution in [1.29, 1.82) is 0 Å². The standard InChI is InChI=1S/C14H17NO2/c1-2-16-12-6-3-5-11(9-12)10-13(15)14-7-4-8-17-14/h3-9,13H,2,10,15H2,1H3. The van der Waals surface area contributed by atoms with E-state index in [1.165, 1.54) is 0 Å². The largest absolute Gasteiger partial charge is 0.494 e. The van der Waals surface area contributed by atoms with Gasteiger partial charge < -0.3 is 14.9 Å². The molecule has 1 heterocycles. The van der Waals surface area contributed by atoms with E-state index in [0.717, 1.165) is 23.5 Å². The average Bonchev–Trinajstić information content (AvgIpc) is 2.83. The molecule has 2 aromatic rings. The fourth-order valence-corrected chi connectivity index (χ4v) is 1.79. The van der Waals surface area contributed by atoms with E-state index in [2.05, 4.69) is 0 Å². The zero-order valence-electron chi connectivity index (χ0n) is 9.93. The molecule has 0 fully saturated rings. The van der Waals surface area contributed by atoms with Crippen molar-refractivity contribution < 1.29 is 9.15 Å². The van der Waals surface area contributed by atoms with Crippen LogP contribution in [0.4, 0.5) is 0 Å².